The number of pyridine rings is 1. The molecule has 0 bridgehead atoms. The first-order chi connectivity index (χ1) is 13.9. The van der Waals surface area contributed by atoms with Crippen LogP contribution in [0.1, 0.15) is 0 Å². The highest BCUT2D eigenvalue weighted by Crippen LogP contribution is 2.45. The van der Waals surface area contributed by atoms with E-state index in [1.165, 1.54) is 20.3 Å². The van der Waals surface area contributed by atoms with Gasteiger partial charge in [-0.3, -0.25) is 0 Å². The highest BCUT2D eigenvalue weighted by Gasteiger charge is 2.26. The molecule has 0 unspecified atom stereocenters. The first-order valence-corrected chi connectivity index (χ1v) is 11.2. The highest BCUT2D eigenvalue weighted by atomic mass is 35.7. The van der Waals surface area contributed by atoms with Crippen molar-refractivity contribution in [3.05, 3.63) is 60.7 Å². The summed E-state index contributed by atoms with van der Waals surface area (Å²) in [6.07, 6.45) is 0. The van der Waals surface area contributed by atoms with Crippen molar-refractivity contribution in [3.63, 3.8) is 0 Å². The molecule has 0 amide bonds. The lowest BCUT2D eigenvalue weighted by atomic mass is 9.97. The standard InChI is InChI=1S/C22H19ClNO4S/c1-24-17-9-5-4-7-14(17)13-16-15(8-6-10-18(16)24)21-19(27-2)11-12-20(22(21)28-3)29(23,25)26/h4-13H,1-3H3/q+1. The number of halogens is 1. The zero-order valence-corrected chi connectivity index (χ0v) is 17.7. The molecule has 1 aromatic heterocycles. The number of aryl methyl sites for hydroxylation is 1. The molecule has 1 heterocycles. The second-order valence-electron chi connectivity index (χ2n) is 6.61. The molecule has 0 aliphatic heterocycles. The Bertz CT molecular complexity index is 1370. The van der Waals surface area contributed by atoms with Crippen molar-refractivity contribution in [2.75, 3.05) is 14.2 Å². The summed E-state index contributed by atoms with van der Waals surface area (Å²) in [6, 6.07) is 19.0. The average molecular weight is 429 g/mol. The van der Waals surface area contributed by atoms with E-state index in [-0.39, 0.29) is 10.6 Å². The van der Waals surface area contributed by atoms with Gasteiger partial charge in [0.15, 0.2) is 0 Å². The van der Waals surface area contributed by atoms with E-state index in [1.807, 2.05) is 43.4 Å². The van der Waals surface area contributed by atoms with Crippen molar-refractivity contribution in [1.82, 2.24) is 0 Å². The Hall–Kier alpha value is -2.83. The minimum atomic E-state index is -4.01. The number of rotatable bonds is 4. The van der Waals surface area contributed by atoms with Crippen molar-refractivity contribution >= 4 is 41.5 Å². The number of benzene rings is 3. The Morgan fingerprint density at radius 3 is 2.31 bits per heavy atom. The van der Waals surface area contributed by atoms with Crippen molar-refractivity contribution in [2.45, 2.75) is 4.90 Å². The van der Waals surface area contributed by atoms with Gasteiger partial charge in [-0.1, -0.05) is 24.3 Å². The molecule has 0 N–H and O–H groups in total. The number of ether oxygens (including phenoxy) is 2. The van der Waals surface area contributed by atoms with Crippen LogP contribution in [-0.2, 0) is 16.1 Å². The van der Waals surface area contributed by atoms with E-state index in [4.69, 9.17) is 20.2 Å². The van der Waals surface area contributed by atoms with E-state index in [9.17, 15) is 8.42 Å². The summed E-state index contributed by atoms with van der Waals surface area (Å²) in [5.41, 5.74) is 3.41. The minimum absolute atomic E-state index is 0.0976. The maximum atomic E-state index is 12.1. The van der Waals surface area contributed by atoms with Crippen LogP contribution in [0.4, 0.5) is 0 Å². The smallest absolute Gasteiger partial charge is 0.265 e. The molecule has 4 rings (SSSR count). The number of aromatic nitrogens is 1. The number of nitrogens with zero attached hydrogens (tertiary/aromatic N) is 1. The molecule has 0 aliphatic rings. The quantitative estimate of drug-likeness (QED) is 0.274. The zero-order valence-electron chi connectivity index (χ0n) is 16.1. The molecule has 4 aromatic rings. The summed E-state index contributed by atoms with van der Waals surface area (Å²) in [6.45, 7) is 0. The lowest BCUT2D eigenvalue weighted by molar-refractivity contribution is -0.617. The molecule has 0 saturated carbocycles. The summed E-state index contributed by atoms with van der Waals surface area (Å²) in [7, 11) is 6.61. The van der Waals surface area contributed by atoms with E-state index in [0.29, 0.717) is 11.3 Å². The monoisotopic (exact) mass is 428 g/mol. The van der Waals surface area contributed by atoms with Gasteiger partial charge in [0.2, 0.25) is 11.0 Å². The molecule has 3 aromatic carbocycles. The number of para-hydroxylation sites is 1. The van der Waals surface area contributed by atoms with Gasteiger partial charge < -0.3 is 9.47 Å². The molecular weight excluding hydrogens is 410 g/mol. The van der Waals surface area contributed by atoms with E-state index in [0.717, 1.165) is 27.4 Å². The number of fused-ring (bicyclic) bond motifs is 2. The molecule has 0 fully saturated rings. The van der Waals surface area contributed by atoms with Crippen LogP contribution >= 0.6 is 10.7 Å². The van der Waals surface area contributed by atoms with E-state index in [2.05, 4.69) is 16.7 Å². The summed E-state index contributed by atoms with van der Waals surface area (Å²) in [4.78, 5) is -0.0976. The third-order valence-electron chi connectivity index (χ3n) is 5.08. The van der Waals surface area contributed by atoms with E-state index >= 15 is 0 Å². The van der Waals surface area contributed by atoms with Gasteiger partial charge in [-0.15, -0.1) is 0 Å². The van der Waals surface area contributed by atoms with Crippen molar-refractivity contribution in [2.24, 2.45) is 7.05 Å². The van der Waals surface area contributed by atoms with E-state index < -0.39 is 9.05 Å². The maximum Gasteiger partial charge on any atom is 0.265 e. The summed E-state index contributed by atoms with van der Waals surface area (Å²) >= 11 is 0. The fourth-order valence-electron chi connectivity index (χ4n) is 3.78. The van der Waals surface area contributed by atoms with Crippen LogP contribution in [0.3, 0.4) is 0 Å². The predicted octanol–water partition coefficient (Wildman–Crippen LogP) is 4.43. The van der Waals surface area contributed by atoms with Gasteiger partial charge in [0.1, 0.15) is 23.4 Å². The predicted molar refractivity (Wildman–Crippen MR) is 114 cm³/mol. The normalized spacial score (nSPS) is 11.7. The minimum Gasteiger partial charge on any atom is -0.496 e. The third kappa shape index (κ3) is 3.18. The molecule has 0 spiro atoms. The van der Waals surface area contributed by atoms with Gasteiger partial charge in [0.05, 0.1) is 25.2 Å². The van der Waals surface area contributed by atoms with E-state index in [1.54, 1.807) is 6.07 Å². The first kappa shape index (κ1) is 19.5. The van der Waals surface area contributed by atoms with Gasteiger partial charge in [0.25, 0.3) is 9.05 Å². The van der Waals surface area contributed by atoms with Gasteiger partial charge in [-0.05, 0) is 24.3 Å². The van der Waals surface area contributed by atoms with Gasteiger partial charge in [0, 0.05) is 33.8 Å². The van der Waals surface area contributed by atoms with Crippen LogP contribution in [0.5, 0.6) is 11.5 Å². The van der Waals surface area contributed by atoms with Gasteiger partial charge in [-0.25, -0.2) is 8.42 Å². The fourth-order valence-corrected chi connectivity index (χ4v) is 4.78. The average Bonchev–Trinajstić information content (AvgIpc) is 2.72. The number of hydrogen-bond donors (Lipinski definition) is 0. The number of methoxy groups -OCH3 is 2. The molecule has 0 atom stereocenters. The van der Waals surface area contributed by atoms with Gasteiger partial charge in [-0.2, -0.15) is 4.57 Å². The lowest BCUT2D eigenvalue weighted by Gasteiger charge is -2.17. The summed E-state index contributed by atoms with van der Waals surface area (Å²) < 4.78 is 37.4. The zero-order chi connectivity index (χ0) is 20.8. The molecule has 0 saturated heterocycles. The molecule has 29 heavy (non-hydrogen) atoms. The Kier molecular flexibility index (Phi) is 4.84. The number of hydrogen-bond acceptors (Lipinski definition) is 4. The third-order valence-corrected chi connectivity index (χ3v) is 6.43. The van der Waals surface area contributed by atoms with Crippen LogP contribution in [-0.4, -0.2) is 22.6 Å². The second kappa shape index (κ2) is 7.21. The maximum absolute atomic E-state index is 12.1. The van der Waals surface area contributed by atoms with Crippen LogP contribution < -0.4 is 14.0 Å². The van der Waals surface area contributed by atoms with Crippen molar-refractivity contribution in [3.8, 4) is 22.6 Å². The molecule has 0 aliphatic carbocycles. The van der Waals surface area contributed by atoms with Gasteiger partial charge >= 0.3 is 0 Å². The molecule has 5 nitrogen and oxygen atoms in total. The topological polar surface area (TPSA) is 56.5 Å². The largest absolute Gasteiger partial charge is 0.496 e. The molecule has 7 heteroatoms. The van der Waals surface area contributed by atoms with Crippen LogP contribution in [0.2, 0.25) is 0 Å². The van der Waals surface area contributed by atoms with Crippen LogP contribution in [0.15, 0.2) is 65.6 Å². The molecular formula is C22H19ClNO4S+. The van der Waals surface area contributed by atoms with Crippen LogP contribution in [0.25, 0.3) is 32.9 Å². The fraction of sp³-hybridized carbons (Fsp3) is 0.136. The lowest BCUT2D eigenvalue weighted by Crippen LogP contribution is -2.30. The SMILES string of the molecule is COc1ccc(S(=O)(=O)Cl)c(OC)c1-c1cccc2c1cc1ccccc1[n+]2C. The second-order valence-corrected chi connectivity index (χ2v) is 9.15. The Morgan fingerprint density at radius 2 is 1.62 bits per heavy atom. The summed E-state index contributed by atoms with van der Waals surface area (Å²) in [5, 5.41) is 2.00. The van der Waals surface area contributed by atoms with Crippen molar-refractivity contribution < 1.29 is 22.5 Å². The van der Waals surface area contributed by atoms with Crippen molar-refractivity contribution in [1.29, 1.82) is 0 Å². The molecule has 148 valence electrons. The Balaban J connectivity index is 2.18. The Morgan fingerprint density at radius 1 is 0.897 bits per heavy atom. The highest BCUT2D eigenvalue weighted by molar-refractivity contribution is 8.13. The summed E-state index contributed by atoms with van der Waals surface area (Å²) in [5.74, 6) is 0.650. The Labute approximate surface area is 173 Å². The first-order valence-electron chi connectivity index (χ1n) is 8.87. The van der Waals surface area contributed by atoms with Crippen LogP contribution in [0, 0.1) is 0 Å². The molecule has 0 radical (unpaired) electrons.